The van der Waals surface area contributed by atoms with E-state index in [1.807, 2.05) is 0 Å². The van der Waals surface area contributed by atoms with Crippen LogP contribution in [0.25, 0.3) is 0 Å². The second kappa shape index (κ2) is 3.23. The summed E-state index contributed by atoms with van der Waals surface area (Å²) in [6.45, 7) is 0. The molecule has 0 aliphatic carbocycles. The molecule has 4 nitrogen and oxygen atoms in total. The number of nitrogens with zero attached hydrogens (tertiary/aromatic N) is 1. The minimum Gasteiger partial charge on any atom is -0.758 e. The van der Waals surface area contributed by atoms with Crippen molar-refractivity contribution in [1.82, 2.24) is 0 Å². The van der Waals surface area contributed by atoms with Gasteiger partial charge in [-0.25, -0.2) is 0 Å². The summed E-state index contributed by atoms with van der Waals surface area (Å²) < 4.78 is 0. The average molecular weight is 153 g/mol. The number of nitrogens with two attached hydrogens (primary N) is 1. The lowest BCUT2D eigenvalue weighted by Gasteiger charge is -2.24. The van der Waals surface area contributed by atoms with Crippen molar-refractivity contribution in [2.24, 2.45) is 5.90 Å². The molecule has 0 heterocycles. The molecule has 0 amide bonds. The third-order valence-corrected chi connectivity index (χ3v) is 1.34. The Labute approximate surface area is 64.7 Å². The number of hydrogen-bond acceptors (Lipinski definition) is 4. The highest BCUT2D eigenvalue weighted by Gasteiger charge is 1.91. The van der Waals surface area contributed by atoms with E-state index in [1.165, 1.54) is 7.05 Å². The van der Waals surface area contributed by atoms with Gasteiger partial charge in [-0.2, -0.15) is 5.90 Å². The van der Waals surface area contributed by atoms with Gasteiger partial charge >= 0.3 is 0 Å². The number of anilines is 1. The number of rotatable bonds is 2. The van der Waals surface area contributed by atoms with Crippen molar-refractivity contribution < 1.29 is 4.84 Å². The second-order valence-corrected chi connectivity index (χ2v) is 2.11. The Balaban J connectivity index is 2.83. The molecule has 0 aromatic heterocycles. The van der Waals surface area contributed by atoms with Gasteiger partial charge in [-0.3, -0.25) is 0 Å². The quantitative estimate of drug-likeness (QED) is 0.640. The third-order valence-electron chi connectivity index (χ3n) is 1.34. The van der Waals surface area contributed by atoms with E-state index in [9.17, 15) is 5.21 Å². The van der Waals surface area contributed by atoms with Crippen LogP contribution >= 0.6 is 0 Å². The van der Waals surface area contributed by atoms with Crippen LogP contribution in [0.1, 0.15) is 0 Å². The Morgan fingerprint density at radius 1 is 1.36 bits per heavy atom. The molecule has 1 aromatic carbocycles. The van der Waals surface area contributed by atoms with Crippen LogP contribution < -0.4 is 15.8 Å². The van der Waals surface area contributed by atoms with Crippen molar-refractivity contribution in [2.45, 2.75) is 0 Å². The maximum atomic E-state index is 10.7. The fourth-order valence-electron chi connectivity index (χ4n) is 0.735. The first-order valence-electron chi connectivity index (χ1n) is 3.11. The first-order chi connectivity index (χ1) is 5.24. The topological polar surface area (TPSA) is 61.5 Å². The van der Waals surface area contributed by atoms with Crippen molar-refractivity contribution in [2.75, 3.05) is 12.1 Å². The number of hydroxylamine groups is 1. The van der Waals surface area contributed by atoms with Crippen molar-refractivity contribution in [3.63, 3.8) is 0 Å². The van der Waals surface area contributed by atoms with E-state index in [1.54, 1.807) is 24.3 Å². The van der Waals surface area contributed by atoms with Crippen molar-refractivity contribution in [3.8, 4) is 5.75 Å². The molecule has 0 saturated carbocycles. The van der Waals surface area contributed by atoms with Crippen LogP contribution in [0.2, 0.25) is 0 Å². The standard InChI is InChI=1S/C7H9N2O2/c1-9(10)6-2-4-7(11-8)5-3-6/h2-5H,8H2,1H3/q-1. The summed E-state index contributed by atoms with van der Waals surface area (Å²) in [5.41, 5.74) is 0.575. The molecular formula is C7H9N2O2-. The molecule has 0 aliphatic heterocycles. The summed E-state index contributed by atoms with van der Waals surface area (Å²) in [5.74, 6) is 5.42. The summed E-state index contributed by atoms with van der Waals surface area (Å²) in [6, 6.07) is 6.53. The first-order valence-corrected chi connectivity index (χ1v) is 3.11. The average Bonchev–Trinajstić information content (AvgIpc) is 2.05. The Morgan fingerprint density at radius 2 is 1.91 bits per heavy atom. The van der Waals surface area contributed by atoms with Gasteiger partial charge in [-0.15, -0.1) is 0 Å². The number of benzene rings is 1. The molecule has 0 fully saturated rings. The molecule has 0 saturated heterocycles. The second-order valence-electron chi connectivity index (χ2n) is 2.11. The fraction of sp³-hybridized carbons (Fsp3) is 0.143. The Hall–Kier alpha value is -1.26. The van der Waals surface area contributed by atoms with E-state index in [0.717, 1.165) is 5.06 Å². The summed E-state index contributed by atoms with van der Waals surface area (Å²) in [5, 5.41) is 11.5. The maximum Gasteiger partial charge on any atom is 0.146 e. The molecule has 1 rings (SSSR count). The molecular weight excluding hydrogens is 144 g/mol. The lowest BCUT2D eigenvalue weighted by Crippen LogP contribution is -2.06. The van der Waals surface area contributed by atoms with Gasteiger partial charge in [0.25, 0.3) is 0 Å². The molecule has 0 unspecified atom stereocenters. The van der Waals surface area contributed by atoms with Gasteiger partial charge in [0.15, 0.2) is 0 Å². The lowest BCUT2D eigenvalue weighted by molar-refractivity contribution is 0.334. The fourth-order valence-corrected chi connectivity index (χ4v) is 0.735. The van der Waals surface area contributed by atoms with Gasteiger partial charge in [-0.1, -0.05) is 0 Å². The Morgan fingerprint density at radius 3 is 2.27 bits per heavy atom. The van der Waals surface area contributed by atoms with Crippen molar-refractivity contribution >= 4 is 5.69 Å². The summed E-state index contributed by atoms with van der Waals surface area (Å²) in [4.78, 5) is 4.43. The van der Waals surface area contributed by atoms with Crippen LogP contribution in [-0.2, 0) is 0 Å². The van der Waals surface area contributed by atoms with Crippen LogP contribution in [0, 0.1) is 5.21 Å². The Kier molecular flexibility index (Phi) is 2.30. The lowest BCUT2D eigenvalue weighted by atomic mass is 10.3. The zero-order valence-electron chi connectivity index (χ0n) is 6.15. The molecule has 11 heavy (non-hydrogen) atoms. The molecule has 0 aliphatic rings. The van der Waals surface area contributed by atoms with Crippen LogP contribution in [-0.4, -0.2) is 7.05 Å². The molecule has 0 atom stereocenters. The third kappa shape index (κ3) is 1.83. The minimum atomic E-state index is 0.538. The Bertz CT molecular complexity index is 220. The number of hydrogen-bond donors (Lipinski definition) is 1. The van der Waals surface area contributed by atoms with Gasteiger partial charge in [0, 0.05) is 5.69 Å². The van der Waals surface area contributed by atoms with Gasteiger partial charge in [0.1, 0.15) is 5.75 Å². The van der Waals surface area contributed by atoms with E-state index in [0.29, 0.717) is 11.4 Å². The van der Waals surface area contributed by atoms with Crippen LogP contribution in [0.4, 0.5) is 5.69 Å². The van der Waals surface area contributed by atoms with Crippen LogP contribution in [0.15, 0.2) is 24.3 Å². The monoisotopic (exact) mass is 153 g/mol. The molecule has 0 radical (unpaired) electrons. The molecule has 0 bridgehead atoms. The van der Waals surface area contributed by atoms with Crippen LogP contribution in [0.3, 0.4) is 0 Å². The van der Waals surface area contributed by atoms with E-state index < -0.39 is 0 Å². The smallest absolute Gasteiger partial charge is 0.146 e. The highest BCUT2D eigenvalue weighted by molar-refractivity contribution is 5.48. The zero-order valence-corrected chi connectivity index (χ0v) is 6.15. The predicted octanol–water partition coefficient (Wildman–Crippen LogP) is 0.873. The highest BCUT2D eigenvalue weighted by Crippen LogP contribution is 2.16. The van der Waals surface area contributed by atoms with E-state index in [2.05, 4.69) is 4.84 Å². The molecule has 0 spiro atoms. The molecule has 1 aromatic rings. The van der Waals surface area contributed by atoms with Gasteiger partial charge in [0.2, 0.25) is 0 Å². The largest absolute Gasteiger partial charge is 0.758 e. The van der Waals surface area contributed by atoms with Crippen molar-refractivity contribution in [3.05, 3.63) is 29.5 Å². The normalized spacial score (nSPS) is 9.36. The van der Waals surface area contributed by atoms with E-state index in [4.69, 9.17) is 5.90 Å². The SMILES string of the molecule is CN([O-])c1ccc(ON)cc1. The summed E-state index contributed by atoms with van der Waals surface area (Å²) in [7, 11) is 1.43. The molecule has 4 heteroatoms. The summed E-state index contributed by atoms with van der Waals surface area (Å²) >= 11 is 0. The van der Waals surface area contributed by atoms with E-state index in [-0.39, 0.29) is 0 Å². The van der Waals surface area contributed by atoms with E-state index >= 15 is 0 Å². The molecule has 60 valence electrons. The minimum absolute atomic E-state index is 0.538. The predicted molar refractivity (Wildman–Crippen MR) is 43.0 cm³/mol. The zero-order chi connectivity index (χ0) is 8.27. The van der Waals surface area contributed by atoms with Gasteiger partial charge < -0.3 is 15.1 Å². The summed E-state index contributed by atoms with van der Waals surface area (Å²) in [6.07, 6.45) is 0. The van der Waals surface area contributed by atoms with Crippen molar-refractivity contribution in [1.29, 1.82) is 0 Å². The first kappa shape index (κ1) is 7.84. The van der Waals surface area contributed by atoms with Gasteiger partial charge in [0.05, 0.1) is 0 Å². The maximum absolute atomic E-state index is 10.7. The highest BCUT2D eigenvalue weighted by atomic mass is 16.6. The van der Waals surface area contributed by atoms with Crippen LogP contribution in [0.5, 0.6) is 5.75 Å². The molecule has 2 N–H and O–H groups in total. The van der Waals surface area contributed by atoms with Gasteiger partial charge in [-0.05, 0) is 31.3 Å².